The van der Waals surface area contributed by atoms with Crippen molar-refractivity contribution in [1.82, 2.24) is 0 Å². The van der Waals surface area contributed by atoms with Crippen molar-refractivity contribution in [3.8, 4) is 0 Å². The number of fused-ring (bicyclic) bond motifs is 2. The molecule has 28 heavy (non-hydrogen) atoms. The topological polar surface area (TPSA) is 37.3 Å². The van der Waals surface area contributed by atoms with Crippen molar-refractivity contribution in [1.29, 1.82) is 0 Å². The molecule has 2 aliphatic rings. The molecule has 2 aromatic rings. The first-order valence-electron chi connectivity index (χ1n) is 10.6. The van der Waals surface area contributed by atoms with Gasteiger partial charge < -0.3 is 5.11 Å². The lowest BCUT2D eigenvalue weighted by Crippen LogP contribution is -2.30. The average molecular weight is 386 g/mol. The fourth-order valence-corrected chi connectivity index (χ4v) is 5.72. The van der Waals surface area contributed by atoms with E-state index in [0.717, 1.165) is 31.1 Å². The summed E-state index contributed by atoms with van der Waals surface area (Å²) in [6, 6.07) is 6.02. The number of aromatic carboxylic acids is 1. The zero-order chi connectivity index (χ0) is 19.8. The molecule has 4 atom stereocenters. The minimum absolute atomic E-state index is 0.0251. The fraction of sp³-hybridized carbons (Fsp3) is 0.542. The number of carboxylic acid groups (broad SMARTS) is 1. The van der Waals surface area contributed by atoms with Crippen molar-refractivity contribution in [2.45, 2.75) is 64.2 Å². The first kappa shape index (κ1) is 19.4. The van der Waals surface area contributed by atoms with Gasteiger partial charge in [-0.05, 0) is 84.9 Å². The lowest BCUT2D eigenvalue weighted by molar-refractivity contribution is 0.0697. The molecule has 0 spiro atoms. The highest BCUT2D eigenvalue weighted by molar-refractivity contribution is 5.94. The summed E-state index contributed by atoms with van der Waals surface area (Å²) in [7, 11) is 0. The predicted molar refractivity (Wildman–Crippen MR) is 107 cm³/mol. The van der Waals surface area contributed by atoms with E-state index in [0.29, 0.717) is 16.9 Å². The Labute approximate surface area is 164 Å². The molecule has 4 heteroatoms. The Morgan fingerprint density at radius 2 is 1.79 bits per heavy atom. The van der Waals surface area contributed by atoms with Crippen LogP contribution in [-0.4, -0.2) is 11.1 Å². The third-order valence-corrected chi connectivity index (χ3v) is 7.15. The lowest BCUT2D eigenvalue weighted by Gasteiger charge is -2.42. The highest BCUT2D eigenvalue weighted by Gasteiger charge is 2.36. The first-order chi connectivity index (χ1) is 13.5. The third-order valence-electron chi connectivity index (χ3n) is 7.15. The van der Waals surface area contributed by atoms with Crippen molar-refractivity contribution in [2.24, 2.45) is 17.8 Å². The first-order valence-corrected chi connectivity index (χ1v) is 10.6. The largest absolute Gasteiger partial charge is 0.478 e. The number of hydrogen-bond donors (Lipinski definition) is 1. The molecule has 0 amide bonds. The summed E-state index contributed by atoms with van der Waals surface area (Å²) >= 11 is 0. The number of hydrogen-bond acceptors (Lipinski definition) is 1. The van der Waals surface area contributed by atoms with Crippen LogP contribution >= 0.6 is 0 Å². The zero-order valence-corrected chi connectivity index (χ0v) is 16.4. The van der Waals surface area contributed by atoms with E-state index in [9.17, 15) is 13.6 Å². The number of halogens is 2. The number of carboxylic acids is 1. The average Bonchev–Trinajstić information content (AvgIpc) is 2.70. The van der Waals surface area contributed by atoms with Crippen molar-refractivity contribution >= 4 is 16.7 Å². The van der Waals surface area contributed by atoms with Crippen molar-refractivity contribution in [3.63, 3.8) is 0 Å². The molecular weight excluding hydrogens is 358 g/mol. The van der Waals surface area contributed by atoms with E-state index in [2.05, 4.69) is 6.92 Å². The van der Waals surface area contributed by atoms with E-state index in [4.69, 9.17) is 5.11 Å². The van der Waals surface area contributed by atoms with Crippen LogP contribution in [0.1, 0.15) is 80.1 Å². The number of rotatable bonds is 4. The molecule has 0 aliphatic heterocycles. The molecule has 0 heterocycles. The van der Waals surface area contributed by atoms with Crippen molar-refractivity contribution in [2.75, 3.05) is 0 Å². The zero-order valence-electron chi connectivity index (χ0n) is 16.4. The van der Waals surface area contributed by atoms with Crippen molar-refractivity contribution < 1.29 is 18.7 Å². The van der Waals surface area contributed by atoms with Crippen LogP contribution < -0.4 is 0 Å². The SMILES string of the molecule is CCCC1CCC2CC(c3cc4ccc(C(=O)O)cc4c(F)c3F)CCC2C1. The lowest BCUT2D eigenvalue weighted by atomic mass is 9.63. The minimum Gasteiger partial charge on any atom is -0.478 e. The van der Waals surface area contributed by atoms with Gasteiger partial charge >= 0.3 is 5.97 Å². The molecule has 0 radical (unpaired) electrons. The van der Waals surface area contributed by atoms with E-state index < -0.39 is 17.6 Å². The molecule has 1 N–H and O–H groups in total. The maximum atomic E-state index is 14.9. The third kappa shape index (κ3) is 3.54. The smallest absolute Gasteiger partial charge is 0.335 e. The Morgan fingerprint density at radius 1 is 1.04 bits per heavy atom. The molecule has 0 saturated heterocycles. The van der Waals surface area contributed by atoms with Gasteiger partial charge in [-0.25, -0.2) is 13.6 Å². The van der Waals surface area contributed by atoms with Crippen LogP contribution in [0.4, 0.5) is 8.78 Å². The Hall–Kier alpha value is -1.97. The maximum Gasteiger partial charge on any atom is 0.335 e. The van der Waals surface area contributed by atoms with Gasteiger partial charge in [0.2, 0.25) is 0 Å². The van der Waals surface area contributed by atoms with Crippen molar-refractivity contribution in [3.05, 3.63) is 47.0 Å². The van der Waals surface area contributed by atoms with E-state index >= 15 is 0 Å². The second-order valence-corrected chi connectivity index (χ2v) is 8.83. The van der Waals surface area contributed by atoms with Gasteiger partial charge in [-0.2, -0.15) is 0 Å². The normalized spacial score (nSPS) is 27.5. The van der Waals surface area contributed by atoms with Crippen LogP contribution in [0.25, 0.3) is 10.8 Å². The van der Waals surface area contributed by atoms with Gasteiger partial charge in [-0.3, -0.25) is 0 Å². The van der Waals surface area contributed by atoms with Crippen LogP contribution in [-0.2, 0) is 0 Å². The molecule has 2 fully saturated rings. The molecule has 2 saturated carbocycles. The summed E-state index contributed by atoms with van der Waals surface area (Å²) in [5, 5.41) is 9.74. The van der Waals surface area contributed by atoms with E-state index in [-0.39, 0.29) is 16.9 Å². The van der Waals surface area contributed by atoms with Gasteiger partial charge in [-0.15, -0.1) is 0 Å². The van der Waals surface area contributed by atoms with Gasteiger partial charge in [0.25, 0.3) is 0 Å². The van der Waals surface area contributed by atoms with E-state index in [1.54, 1.807) is 12.1 Å². The summed E-state index contributed by atoms with van der Waals surface area (Å²) in [4.78, 5) is 11.1. The summed E-state index contributed by atoms with van der Waals surface area (Å²) in [6.45, 7) is 2.25. The molecule has 2 aromatic carbocycles. The Bertz CT molecular complexity index is 892. The van der Waals surface area contributed by atoms with Crippen LogP contribution in [0.3, 0.4) is 0 Å². The van der Waals surface area contributed by atoms with Crippen LogP contribution in [0.15, 0.2) is 24.3 Å². The standard InChI is InChI=1S/C24H28F2O2/c1-2-3-14-4-5-16-11-17(7-6-15(16)10-14)20-12-18-8-9-19(24(27)28)13-21(18)23(26)22(20)25/h8-9,12-17H,2-7,10-11H2,1H3,(H,27,28). The highest BCUT2D eigenvalue weighted by atomic mass is 19.2. The Morgan fingerprint density at radius 3 is 2.54 bits per heavy atom. The fourth-order valence-electron chi connectivity index (χ4n) is 5.72. The Balaban J connectivity index is 1.59. The second kappa shape index (κ2) is 7.81. The molecule has 0 aromatic heterocycles. The molecule has 4 unspecified atom stereocenters. The predicted octanol–water partition coefficient (Wildman–Crippen LogP) is 6.92. The van der Waals surface area contributed by atoms with Crippen LogP contribution in [0, 0.1) is 29.4 Å². The van der Waals surface area contributed by atoms with Gasteiger partial charge in [0.05, 0.1) is 5.56 Å². The molecule has 4 rings (SSSR count). The number of benzene rings is 2. The molecule has 150 valence electrons. The molecule has 2 nitrogen and oxygen atoms in total. The van der Waals surface area contributed by atoms with E-state index in [1.807, 2.05) is 0 Å². The highest BCUT2D eigenvalue weighted by Crippen LogP contribution is 2.49. The van der Waals surface area contributed by atoms with Gasteiger partial charge in [0, 0.05) is 5.39 Å². The van der Waals surface area contributed by atoms with Crippen LogP contribution in [0.5, 0.6) is 0 Å². The van der Waals surface area contributed by atoms with Gasteiger partial charge in [0.1, 0.15) is 0 Å². The number of carbonyl (C=O) groups is 1. The molecular formula is C24H28F2O2. The minimum atomic E-state index is -1.14. The summed E-state index contributed by atoms with van der Waals surface area (Å²) in [5.74, 6) is -0.569. The monoisotopic (exact) mass is 386 g/mol. The summed E-state index contributed by atoms with van der Waals surface area (Å²) < 4.78 is 29.7. The molecule has 0 bridgehead atoms. The summed E-state index contributed by atoms with van der Waals surface area (Å²) in [5.41, 5.74) is 0.449. The van der Waals surface area contributed by atoms with E-state index in [1.165, 1.54) is 44.2 Å². The second-order valence-electron chi connectivity index (χ2n) is 8.83. The van der Waals surface area contributed by atoms with Crippen LogP contribution in [0.2, 0.25) is 0 Å². The Kier molecular flexibility index (Phi) is 5.39. The maximum absolute atomic E-state index is 14.9. The quantitative estimate of drug-likeness (QED) is 0.619. The molecule has 2 aliphatic carbocycles. The summed E-state index contributed by atoms with van der Waals surface area (Å²) in [6.07, 6.45) is 9.31. The van der Waals surface area contributed by atoms with Gasteiger partial charge in [0.15, 0.2) is 11.6 Å². The van der Waals surface area contributed by atoms with Gasteiger partial charge in [-0.1, -0.05) is 32.3 Å².